The summed E-state index contributed by atoms with van der Waals surface area (Å²) in [6.07, 6.45) is 0.553. The molecule has 0 aliphatic heterocycles. The van der Waals surface area contributed by atoms with E-state index in [1.807, 2.05) is 0 Å². The first-order valence-corrected chi connectivity index (χ1v) is 3.67. The molecule has 5 heteroatoms. The minimum atomic E-state index is -1.90. The van der Waals surface area contributed by atoms with Crippen LogP contribution in [0.2, 0.25) is 0 Å². The van der Waals surface area contributed by atoms with Gasteiger partial charge < -0.3 is 4.55 Å². The summed E-state index contributed by atoms with van der Waals surface area (Å²) in [5, 5.41) is 0. The molecule has 0 aromatic rings. The molecule has 0 saturated heterocycles. The number of hydrogen-bond donors (Lipinski definition) is 0. The van der Waals surface area contributed by atoms with Gasteiger partial charge in [-0.25, -0.2) is 0 Å². The van der Waals surface area contributed by atoms with Gasteiger partial charge >= 0.3 is 29.6 Å². The molecule has 0 aromatic heterocycles. The molecule has 0 rings (SSSR count). The van der Waals surface area contributed by atoms with Gasteiger partial charge in [0.05, 0.1) is 0 Å². The summed E-state index contributed by atoms with van der Waals surface area (Å²) in [5.74, 6) is 0.609. The maximum Gasteiger partial charge on any atom is 1.00 e. The summed E-state index contributed by atoms with van der Waals surface area (Å²) < 4.78 is 19.4. The van der Waals surface area contributed by atoms with E-state index in [0.29, 0.717) is 12.3 Å². The van der Waals surface area contributed by atoms with Crippen LogP contribution in [0.15, 0.2) is 0 Å². The predicted octanol–water partition coefficient (Wildman–Crippen LogP) is -2.50. The normalized spacial score (nSPS) is 12.2. The predicted molar refractivity (Wildman–Crippen MR) is 29.1 cm³/mol. The molecule has 2 nitrogen and oxygen atoms in total. The van der Waals surface area contributed by atoms with Crippen molar-refractivity contribution in [2.75, 3.05) is 11.6 Å². The fraction of sp³-hybridized carbons (Fsp3) is 1.00. The standard InChI is InChI=1S/C3H7ClO2S.Na/c4-2-1-3-7(5)6;/h1-3H2,(H,5,6);/q;+1/p-1. The Labute approximate surface area is 78.6 Å². The molecule has 0 bridgehead atoms. The molecular formula is C3H6ClNaO2S. The first-order chi connectivity index (χ1) is 3.27. The molecule has 0 aliphatic rings. The molecule has 44 valence electrons. The van der Waals surface area contributed by atoms with E-state index in [9.17, 15) is 8.76 Å². The van der Waals surface area contributed by atoms with E-state index in [1.165, 1.54) is 0 Å². The van der Waals surface area contributed by atoms with E-state index in [2.05, 4.69) is 0 Å². The zero-order valence-corrected chi connectivity index (χ0v) is 8.30. The Morgan fingerprint density at radius 2 is 2.12 bits per heavy atom. The van der Waals surface area contributed by atoms with Gasteiger partial charge in [-0.2, -0.15) is 0 Å². The van der Waals surface area contributed by atoms with Crippen molar-refractivity contribution < 1.29 is 38.3 Å². The van der Waals surface area contributed by atoms with Gasteiger partial charge in [-0.1, -0.05) is 11.1 Å². The minimum Gasteiger partial charge on any atom is -0.772 e. The van der Waals surface area contributed by atoms with Crippen LogP contribution in [0.4, 0.5) is 0 Å². The molecule has 0 aliphatic carbocycles. The Hall–Kier alpha value is 1.40. The topological polar surface area (TPSA) is 40.1 Å². The summed E-state index contributed by atoms with van der Waals surface area (Å²) in [7, 11) is 0. The van der Waals surface area contributed by atoms with Gasteiger partial charge in [0.1, 0.15) is 0 Å². The fourth-order valence-corrected chi connectivity index (χ4v) is 0.845. The van der Waals surface area contributed by atoms with E-state index in [0.717, 1.165) is 0 Å². The molecule has 1 unspecified atom stereocenters. The Kier molecular flexibility index (Phi) is 12.7. The zero-order chi connectivity index (χ0) is 5.70. The second kappa shape index (κ2) is 8.40. The summed E-state index contributed by atoms with van der Waals surface area (Å²) >= 11 is 3.27. The van der Waals surface area contributed by atoms with Gasteiger partial charge in [-0.15, -0.1) is 11.6 Å². The van der Waals surface area contributed by atoms with Crippen LogP contribution in [0.5, 0.6) is 0 Å². The Morgan fingerprint density at radius 3 is 2.25 bits per heavy atom. The quantitative estimate of drug-likeness (QED) is 0.263. The average Bonchev–Trinajstić information content (AvgIpc) is 1.61. The van der Waals surface area contributed by atoms with Gasteiger partial charge in [0, 0.05) is 11.6 Å². The third-order valence-corrected chi connectivity index (χ3v) is 1.33. The number of rotatable bonds is 3. The van der Waals surface area contributed by atoms with Gasteiger partial charge in [0.25, 0.3) is 0 Å². The molecule has 0 aromatic carbocycles. The molecule has 0 fully saturated rings. The van der Waals surface area contributed by atoms with Crippen LogP contribution < -0.4 is 29.6 Å². The van der Waals surface area contributed by atoms with Crippen LogP contribution in [0, 0.1) is 0 Å². The maximum absolute atomic E-state index is 9.70. The van der Waals surface area contributed by atoms with Crippen molar-refractivity contribution in [3.63, 3.8) is 0 Å². The van der Waals surface area contributed by atoms with Gasteiger partial charge in [-0.05, 0) is 6.42 Å². The number of alkyl halides is 1. The van der Waals surface area contributed by atoms with Crippen molar-refractivity contribution >= 4 is 22.7 Å². The van der Waals surface area contributed by atoms with E-state index in [-0.39, 0.29) is 35.3 Å². The molecule has 0 amide bonds. The van der Waals surface area contributed by atoms with Gasteiger partial charge in [0.15, 0.2) is 0 Å². The minimum absolute atomic E-state index is 0. The van der Waals surface area contributed by atoms with Crippen molar-refractivity contribution in [3.8, 4) is 0 Å². The van der Waals surface area contributed by atoms with Crippen LogP contribution in [0.1, 0.15) is 6.42 Å². The zero-order valence-electron chi connectivity index (χ0n) is 4.72. The van der Waals surface area contributed by atoms with Gasteiger partial charge in [-0.3, -0.25) is 4.21 Å². The average molecular weight is 165 g/mol. The van der Waals surface area contributed by atoms with Crippen molar-refractivity contribution in [2.24, 2.45) is 0 Å². The third kappa shape index (κ3) is 10.4. The van der Waals surface area contributed by atoms with Crippen LogP contribution in [-0.4, -0.2) is 20.4 Å². The SMILES string of the molecule is O=S([O-])CCCCl.[Na+]. The summed E-state index contributed by atoms with van der Waals surface area (Å²) in [6, 6.07) is 0. The molecule has 8 heavy (non-hydrogen) atoms. The summed E-state index contributed by atoms with van der Waals surface area (Å²) in [5.41, 5.74) is 0. The Bertz CT molecular complexity index is 70.3. The molecule has 1 atom stereocenters. The summed E-state index contributed by atoms with van der Waals surface area (Å²) in [4.78, 5) is 0. The second-order valence-electron chi connectivity index (χ2n) is 1.05. The Morgan fingerprint density at radius 1 is 1.62 bits per heavy atom. The molecule has 0 saturated carbocycles. The third-order valence-electron chi connectivity index (χ3n) is 0.445. The molecule has 0 radical (unpaired) electrons. The molecule has 0 spiro atoms. The van der Waals surface area contributed by atoms with E-state index in [4.69, 9.17) is 11.6 Å². The smallest absolute Gasteiger partial charge is 0.772 e. The van der Waals surface area contributed by atoms with Gasteiger partial charge in [0.2, 0.25) is 0 Å². The first-order valence-electron chi connectivity index (χ1n) is 1.89. The van der Waals surface area contributed by atoms with Crippen LogP contribution in [-0.2, 0) is 11.1 Å². The van der Waals surface area contributed by atoms with E-state index < -0.39 is 11.1 Å². The summed E-state index contributed by atoms with van der Waals surface area (Å²) in [6.45, 7) is 0. The van der Waals surface area contributed by atoms with Crippen LogP contribution in [0.25, 0.3) is 0 Å². The molecule has 0 heterocycles. The largest absolute Gasteiger partial charge is 1.00 e. The van der Waals surface area contributed by atoms with Crippen molar-refractivity contribution in [1.29, 1.82) is 0 Å². The fourth-order valence-electron chi connectivity index (χ4n) is 0.172. The number of hydrogen-bond acceptors (Lipinski definition) is 2. The Balaban J connectivity index is 0. The van der Waals surface area contributed by atoms with Crippen LogP contribution >= 0.6 is 11.6 Å². The van der Waals surface area contributed by atoms with Crippen molar-refractivity contribution in [2.45, 2.75) is 6.42 Å². The van der Waals surface area contributed by atoms with Crippen molar-refractivity contribution in [1.82, 2.24) is 0 Å². The number of halogens is 1. The molecule has 0 N–H and O–H groups in total. The van der Waals surface area contributed by atoms with E-state index in [1.54, 1.807) is 0 Å². The maximum atomic E-state index is 9.70. The van der Waals surface area contributed by atoms with Crippen molar-refractivity contribution in [3.05, 3.63) is 0 Å². The van der Waals surface area contributed by atoms with E-state index >= 15 is 0 Å². The second-order valence-corrected chi connectivity index (χ2v) is 2.44. The van der Waals surface area contributed by atoms with Crippen LogP contribution in [0.3, 0.4) is 0 Å². The first kappa shape index (κ1) is 12.1. The molecular weight excluding hydrogens is 159 g/mol. The monoisotopic (exact) mass is 164 g/mol.